The minimum absolute atomic E-state index is 0.106. The Kier molecular flexibility index (Phi) is 4.36. The highest BCUT2D eigenvalue weighted by atomic mass is 16.2. The van der Waals surface area contributed by atoms with Crippen LogP contribution in [0.4, 0.5) is 0 Å². The second-order valence-corrected chi connectivity index (χ2v) is 6.11. The summed E-state index contributed by atoms with van der Waals surface area (Å²) in [5.41, 5.74) is 6.00. The predicted octanol–water partition coefficient (Wildman–Crippen LogP) is 2.01. The van der Waals surface area contributed by atoms with Crippen LogP contribution in [0.2, 0.25) is 0 Å². The predicted molar refractivity (Wildman–Crippen MR) is 67.0 cm³/mol. The van der Waals surface area contributed by atoms with Gasteiger partial charge in [0.2, 0.25) is 5.91 Å². The fourth-order valence-corrected chi connectivity index (χ4v) is 2.47. The first-order valence-corrected chi connectivity index (χ1v) is 6.36. The fraction of sp³-hybridized carbons (Fsp3) is 0.923. The topological polar surface area (TPSA) is 46.3 Å². The number of likely N-dealkylation sites (tertiary alicyclic amines) is 1. The van der Waals surface area contributed by atoms with Crippen molar-refractivity contribution in [3.05, 3.63) is 0 Å². The molecule has 1 rings (SSSR count). The summed E-state index contributed by atoms with van der Waals surface area (Å²) < 4.78 is 0. The van der Waals surface area contributed by atoms with E-state index in [4.69, 9.17) is 5.73 Å². The number of carbonyl (C=O) groups excluding carboxylic acids is 1. The number of hydrogen-bond donors (Lipinski definition) is 1. The monoisotopic (exact) mass is 226 g/mol. The number of rotatable bonds is 1. The highest BCUT2D eigenvalue weighted by molar-refractivity contribution is 5.81. The molecule has 0 spiro atoms. The van der Waals surface area contributed by atoms with Crippen LogP contribution in [0.25, 0.3) is 0 Å². The van der Waals surface area contributed by atoms with Crippen LogP contribution in [0.15, 0.2) is 0 Å². The summed E-state index contributed by atoms with van der Waals surface area (Å²) in [7, 11) is 0. The van der Waals surface area contributed by atoms with Crippen LogP contribution in [0.5, 0.6) is 0 Å². The van der Waals surface area contributed by atoms with Gasteiger partial charge in [0.15, 0.2) is 0 Å². The third kappa shape index (κ3) is 3.48. The van der Waals surface area contributed by atoms with Gasteiger partial charge in [0.25, 0.3) is 0 Å². The Labute approximate surface area is 99.4 Å². The van der Waals surface area contributed by atoms with E-state index >= 15 is 0 Å². The molecule has 0 bridgehead atoms. The molecular weight excluding hydrogens is 200 g/mol. The first kappa shape index (κ1) is 13.5. The summed E-state index contributed by atoms with van der Waals surface area (Å²) in [4.78, 5) is 13.7. The van der Waals surface area contributed by atoms with Crippen molar-refractivity contribution >= 4 is 5.91 Å². The third-order valence-corrected chi connectivity index (χ3v) is 3.65. The molecule has 1 saturated heterocycles. The number of carbonyl (C=O) groups is 1. The standard InChI is InChI=1S/C13H26N2O/c1-10(14)12(16)15-8-5-6-11(7-9-15)13(2,3)4/h10-11H,5-9,14H2,1-4H3/t10-,11?/m0/s1. The Morgan fingerprint density at radius 1 is 1.31 bits per heavy atom. The van der Waals surface area contributed by atoms with E-state index in [1.807, 2.05) is 4.90 Å². The molecular formula is C13H26N2O. The maximum Gasteiger partial charge on any atom is 0.239 e. The first-order valence-electron chi connectivity index (χ1n) is 6.36. The van der Waals surface area contributed by atoms with Crippen molar-refractivity contribution in [3.8, 4) is 0 Å². The average molecular weight is 226 g/mol. The molecule has 16 heavy (non-hydrogen) atoms. The molecule has 1 unspecified atom stereocenters. The highest BCUT2D eigenvalue weighted by Gasteiger charge is 2.28. The van der Waals surface area contributed by atoms with E-state index in [0.29, 0.717) is 5.41 Å². The van der Waals surface area contributed by atoms with E-state index in [-0.39, 0.29) is 11.9 Å². The van der Waals surface area contributed by atoms with Gasteiger partial charge in [-0.2, -0.15) is 0 Å². The van der Waals surface area contributed by atoms with Crippen molar-refractivity contribution in [1.82, 2.24) is 4.90 Å². The van der Waals surface area contributed by atoms with E-state index < -0.39 is 0 Å². The number of amides is 1. The van der Waals surface area contributed by atoms with E-state index in [1.165, 1.54) is 6.42 Å². The lowest BCUT2D eigenvalue weighted by atomic mass is 9.77. The van der Waals surface area contributed by atoms with Gasteiger partial charge in [-0.15, -0.1) is 0 Å². The second kappa shape index (κ2) is 5.17. The molecule has 94 valence electrons. The molecule has 1 aliphatic heterocycles. The largest absolute Gasteiger partial charge is 0.341 e. The van der Waals surface area contributed by atoms with Crippen LogP contribution in [-0.2, 0) is 4.79 Å². The summed E-state index contributed by atoms with van der Waals surface area (Å²) in [5, 5.41) is 0. The Balaban J connectivity index is 2.56. The molecule has 0 aromatic heterocycles. The molecule has 0 aromatic rings. The Morgan fingerprint density at radius 2 is 1.94 bits per heavy atom. The molecule has 0 aromatic carbocycles. The van der Waals surface area contributed by atoms with Gasteiger partial charge in [0.1, 0.15) is 0 Å². The molecule has 1 aliphatic rings. The lowest BCUT2D eigenvalue weighted by Crippen LogP contribution is -2.42. The Morgan fingerprint density at radius 3 is 2.44 bits per heavy atom. The van der Waals surface area contributed by atoms with Crippen molar-refractivity contribution in [2.45, 2.75) is 53.0 Å². The van der Waals surface area contributed by atoms with Crippen LogP contribution in [0.3, 0.4) is 0 Å². The zero-order valence-corrected chi connectivity index (χ0v) is 11.1. The van der Waals surface area contributed by atoms with Crippen LogP contribution < -0.4 is 5.73 Å². The van der Waals surface area contributed by atoms with Crippen molar-refractivity contribution in [1.29, 1.82) is 0 Å². The van der Waals surface area contributed by atoms with Gasteiger partial charge < -0.3 is 10.6 Å². The lowest BCUT2D eigenvalue weighted by Gasteiger charge is -2.30. The van der Waals surface area contributed by atoms with Gasteiger partial charge in [-0.1, -0.05) is 20.8 Å². The molecule has 0 saturated carbocycles. The van der Waals surface area contributed by atoms with Gasteiger partial charge in [-0.05, 0) is 37.5 Å². The normalized spacial score (nSPS) is 25.1. The van der Waals surface area contributed by atoms with Crippen molar-refractivity contribution in [2.24, 2.45) is 17.1 Å². The van der Waals surface area contributed by atoms with E-state index in [0.717, 1.165) is 31.8 Å². The molecule has 3 nitrogen and oxygen atoms in total. The maximum atomic E-state index is 11.8. The molecule has 1 heterocycles. The summed E-state index contributed by atoms with van der Waals surface area (Å²) in [6.45, 7) is 10.4. The van der Waals surface area contributed by atoms with Gasteiger partial charge >= 0.3 is 0 Å². The van der Waals surface area contributed by atoms with Crippen LogP contribution >= 0.6 is 0 Å². The molecule has 3 heteroatoms. The van der Waals surface area contributed by atoms with E-state index in [9.17, 15) is 4.79 Å². The summed E-state index contributed by atoms with van der Waals surface area (Å²) >= 11 is 0. The Hall–Kier alpha value is -0.570. The second-order valence-electron chi connectivity index (χ2n) is 6.11. The molecule has 1 amide bonds. The average Bonchev–Trinajstić information content (AvgIpc) is 2.40. The lowest BCUT2D eigenvalue weighted by molar-refractivity contribution is -0.132. The molecule has 2 atom stereocenters. The SMILES string of the molecule is C[C@H](N)C(=O)N1CCCC(C(C)(C)C)CC1. The molecule has 2 N–H and O–H groups in total. The van der Waals surface area contributed by atoms with Crippen molar-refractivity contribution in [3.63, 3.8) is 0 Å². The minimum atomic E-state index is -0.355. The molecule has 1 fully saturated rings. The Bertz CT molecular complexity index is 243. The third-order valence-electron chi connectivity index (χ3n) is 3.65. The molecule has 0 radical (unpaired) electrons. The summed E-state index contributed by atoms with van der Waals surface area (Å²) in [6, 6.07) is -0.355. The minimum Gasteiger partial charge on any atom is -0.341 e. The smallest absolute Gasteiger partial charge is 0.239 e. The van der Waals surface area contributed by atoms with Gasteiger partial charge in [0, 0.05) is 13.1 Å². The van der Waals surface area contributed by atoms with Crippen LogP contribution in [0.1, 0.15) is 47.0 Å². The van der Waals surface area contributed by atoms with Crippen LogP contribution in [0, 0.1) is 11.3 Å². The van der Waals surface area contributed by atoms with E-state index in [2.05, 4.69) is 20.8 Å². The highest BCUT2D eigenvalue weighted by Crippen LogP contribution is 2.34. The van der Waals surface area contributed by atoms with Crippen molar-refractivity contribution in [2.75, 3.05) is 13.1 Å². The summed E-state index contributed by atoms with van der Waals surface area (Å²) in [5.74, 6) is 0.827. The zero-order valence-electron chi connectivity index (χ0n) is 11.1. The van der Waals surface area contributed by atoms with Gasteiger partial charge in [-0.3, -0.25) is 4.79 Å². The fourth-order valence-electron chi connectivity index (χ4n) is 2.47. The van der Waals surface area contributed by atoms with Gasteiger partial charge in [0.05, 0.1) is 6.04 Å². The van der Waals surface area contributed by atoms with Gasteiger partial charge in [-0.25, -0.2) is 0 Å². The maximum absolute atomic E-state index is 11.8. The quantitative estimate of drug-likeness (QED) is 0.743. The summed E-state index contributed by atoms with van der Waals surface area (Å²) in [6.07, 6.45) is 3.45. The number of nitrogens with zero attached hydrogens (tertiary/aromatic N) is 1. The first-order chi connectivity index (χ1) is 7.32. The number of hydrogen-bond acceptors (Lipinski definition) is 2. The number of nitrogens with two attached hydrogens (primary N) is 1. The van der Waals surface area contributed by atoms with E-state index in [1.54, 1.807) is 6.92 Å². The van der Waals surface area contributed by atoms with Crippen molar-refractivity contribution < 1.29 is 4.79 Å². The zero-order chi connectivity index (χ0) is 12.3. The molecule has 0 aliphatic carbocycles. The van der Waals surface area contributed by atoms with Crippen LogP contribution in [-0.4, -0.2) is 29.9 Å².